The second-order valence-electron chi connectivity index (χ2n) is 5.64. The summed E-state index contributed by atoms with van der Waals surface area (Å²) in [4.78, 5) is 14.8. The molecule has 4 nitrogen and oxygen atoms in total. The third-order valence-corrected chi connectivity index (χ3v) is 4.18. The molecule has 0 aliphatic carbocycles. The quantitative estimate of drug-likeness (QED) is 0.734. The molecule has 1 aliphatic heterocycles. The predicted octanol–water partition coefficient (Wildman–Crippen LogP) is 3.41. The second-order valence-corrected chi connectivity index (χ2v) is 5.64. The fourth-order valence-corrected chi connectivity index (χ4v) is 3.17. The first-order chi connectivity index (χ1) is 9.83. The van der Waals surface area contributed by atoms with E-state index in [4.69, 9.17) is 0 Å². The van der Waals surface area contributed by atoms with E-state index in [1.807, 2.05) is 0 Å². The highest BCUT2D eigenvalue weighted by atomic mass is 15.2. The smallest absolute Gasteiger partial charge is 0.143 e. The third kappa shape index (κ3) is 1.75. The molecule has 1 N–H and O–H groups in total. The second kappa shape index (κ2) is 4.47. The summed E-state index contributed by atoms with van der Waals surface area (Å²) in [5, 5.41) is 2.41. The Morgan fingerprint density at radius 1 is 1.10 bits per heavy atom. The van der Waals surface area contributed by atoms with Crippen LogP contribution in [-0.2, 0) is 0 Å². The van der Waals surface area contributed by atoms with E-state index in [1.54, 1.807) is 6.33 Å². The lowest BCUT2D eigenvalue weighted by Gasteiger charge is -2.28. The number of hydrogen-bond donors (Lipinski definition) is 1. The molecule has 102 valence electrons. The number of anilines is 1. The molecule has 1 saturated heterocycles. The van der Waals surface area contributed by atoms with E-state index in [-0.39, 0.29) is 0 Å². The van der Waals surface area contributed by atoms with E-state index >= 15 is 0 Å². The van der Waals surface area contributed by atoms with E-state index in [2.05, 4.69) is 45.0 Å². The molecule has 0 radical (unpaired) electrons. The average molecular weight is 266 g/mol. The normalized spacial score (nSPS) is 16.1. The summed E-state index contributed by atoms with van der Waals surface area (Å²) in [6.45, 7) is 4.33. The van der Waals surface area contributed by atoms with Crippen molar-refractivity contribution in [3.05, 3.63) is 30.1 Å². The topological polar surface area (TPSA) is 44.8 Å². The lowest BCUT2D eigenvalue weighted by Crippen LogP contribution is -2.30. The first kappa shape index (κ1) is 11.7. The summed E-state index contributed by atoms with van der Waals surface area (Å²) in [5.41, 5.74) is 3.36. The number of H-pyrrole nitrogens is 1. The molecule has 3 heterocycles. The Labute approximate surface area is 117 Å². The van der Waals surface area contributed by atoms with Crippen LogP contribution in [0.4, 0.5) is 5.82 Å². The lowest BCUT2D eigenvalue weighted by atomic mass is 10.1. The predicted molar refractivity (Wildman–Crippen MR) is 82.2 cm³/mol. The molecule has 0 atom stereocenters. The Kier molecular flexibility index (Phi) is 2.62. The van der Waals surface area contributed by atoms with Crippen molar-refractivity contribution in [3.8, 4) is 0 Å². The van der Waals surface area contributed by atoms with Gasteiger partial charge >= 0.3 is 0 Å². The lowest BCUT2D eigenvalue weighted by molar-refractivity contribution is 0.574. The molecule has 0 amide bonds. The van der Waals surface area contributed by atoms with Gasteiger partial charge in [-0.2, -0.15) is 0 Å². The van der Waals surface area contributed by atoms with Crippen LogP contribution < -0.4 is 4.90 Å². The van der Waals surface area contributed by atoms with E-state index in [1.165, 1.54) is 35.6 Å². The van der Waals surface area contributed by atoms with Crippen LogP contribution in [0.25, 0.3) is 21.9 Å². The molecule has 1 aromatic carbocycles. The molecule has 0 saturated carbocycles. The van der Waals surface area contributed by atoms with Crippen LogP contribution in [0, 0.1) is 6.92 Å². The first-order valence-electron chi connectivity index (χ1n) is 7.31. The van der Waals surface area contributed by atoms with Crippen LogP contribution >= 0.6 is 0 Å². The molecule has 2 aromatic heterocycles. The zero-order valence-corrected chi connectivity index (χ0v) is 11.7. The summed E-state index contributed by atoms with van der Waals surface area (Å²) < 4.78 is 0. The van der Waals surface area contributed by atoms with Crippen molar-refractivity contribution in [3.63, 3.8) is 0 Å². The molecule has 4 rings (SSSR count). The van der Waals surface area contributed by atoms with Gasteiger partial charge < -0.3 is 9.88 Å². The van der Waals surface area contributed by atoms with Crippen molar-refractivity contribution in [1.82, 2.24) is 15.0 Å². The van der Waals surface area contributed by atoms with E-state index in [0.29, 0.717) is 0 Å². The number of aromatic amines is 1. The van der Waals surface area contributed by atoms with Crippen molar-refractivity contribution in [2.24, 2.45) is 0 Å². The third-order valence-electron chi connectivity index (χ3n) is 4.18. The first-order valence-corrected chi connectivity index (χ1v) is 7.31. The van der Waals surface area contributed by atoms with Crippen LogP contribution in [-0.4, -0.2) is 28.0 Å². The van der Waals surface area contributed by atoms with Gasteiger partial charge in [0.05, 0.1) is 5.39 Å². The Morgan fingerprint density at radius 3 is 2.80 bits per heavy atom. The summed E-state index contributed by atoms with van der Waals surface area (Å²) >= 11 is 0. The summed E-state index contributed by atoms with van der Waals surface area (Å²) in [6, 6.07) is 6.49. The SMILES string of the molecule is Cc1ccc2[nH]c3ncnc(N4CCCCC4)c3c2c1. The minimum Gasteiger partial charge on any atom is -0.356 e. The number of rotatable bonds is 1. The van der Waals surface area contributed by atoms with Gasteiger partial charge in [0.25, 0.3) is 0 Å². The molecule has 1 fully saturated rings. The number of aryl methyl sites for hydroxylation is 1. The minimum atomic E-state index is 0.946. The van der Waals surface area contributed by atoms with Crippen molar-refractivity contribution in [2.75, 3.05) is 18.0 Å². The largest absolute Gasteiger partial charge is 0.356 e. The highest BCUT2D eigenvalue weighted by molar-refractivity contribution is 6.11. The number of aromatic nitrogens is 3. The van der Waals surface area contributed by atoms with Gasteiger partial charge in [-0.05, 0) is 38.3 Å². The van der Waals surface area contributed by atoms with Gasteiger partial charge in [0.2, 0.25) is 0 Å². The minimum absolute atomic E-state index is 0.946. The zero-order valence-electron chi connectivity index (χ0n) is 11.7. The molecule has 0 spiro atoms. The fourth-order valence-electron chi connectivity index (χ4n) is 3.17. The van der Waals surface area contributed by atoms with Crippen molar-refractivity contribution in [2.45, 2.75) is 26.2 Å². The van der Waals surface area contributed by atoms with Crippen molar-refractivity contribution >= 4 is 27.8 Å². The average Bonchev–Trinajstić information content (AvgIpc) is 2.86. The van der Waals surface area contributed by atoms with Crippen LogP contribution in [0.3, 0.4) is 0 Å². The van der Waals surface area contributed by atoms with Gasteiger partial charge in [0, 0.05) is 24.0 Å². The number of nitrogens with one attached hydrogen (secondary N) is 1. The molecular weight excluding hydrogens is 248 g/mol. The highest BCUT2D eigenvalue weighted by Gasteiger charge is 2.18. The number of piperidine rings is 1. The molecule has 0 unspecified atom stereocenters. The van der Waals surface area contributed by atoms with Crippen LogP contribution in [0.5, 0.6) is 0 Å². The molecular formula is C16H18N4. The molecule has 1 aliphatic rings. The number of hydrogen-bond acceptors (Lipinski definition) is 3. The van der Waals surface area contributed by atoms with Gasteiger partial charge in [-0.15, -0.1) is 0 Å². The van der Waals surface area contributed by atoms with E-state index in [0.717, 1.165) is 30.1 Å². The number of nitrogens with zero attached hydrogens (tertiary/aromatic N) is 3. The van der Waals surface area contributed by atoms with Gasteiger partial charge in [-0.1, -0.05) is 11.6 Å². The van der Waals surface area contributed by atoms with Gasteiger partial charge in [-0.3, -0.25) is 0 Å². The van der Waals surface area contributed by atoms with E-state index < -0.39 is 0 Å². The Balaban J connectivity index is 1.99. The maximum atomic E-state index is 4.58. The summed E-state index contributed by atoms with van der Waals surface area (Å²) in [6.07, 6.45) is 5.52. The zero-order chi connectivity index (χ0) is 13.5. The molecule has 4 heteroatoms. The fraction of sp³-hybridized carbons (Fsp3) is 0.375. The van der Waals surface area contributed by atoms with Crippen molar-refractivity contribution in [1.29, 1.82) is 0 Å². The van der Waals surface area contributed by atoms with Crippen LogP contribution in [0.1, 0.15) is 24.8 Å². The Hall–Kier alpha value is -2.10. The molecule has 3 aromatic rings. The van der Waals surface area contributed by atoms with Crippen LogP contribution in [0.2, 0.25) is 0 Å². The maximum Gasteiger partial charge on any atom is 0.143 e. The van der Waals surface area contributed by atoms with E-state index in [9.17, 15) is 0 Å². The summed E-state index contributed by atoms with van der Waals surface area (Å²) in [7, 11) is 0. The standard InChI is InChI=1S/C16H18N4/c1-11-5-6-13-12(9-11)14-15(19-13)17-10-18-16(14)20-7-3-2-4-8-20/h5-6,9-10H,2-4,7-8H2,1H3,(H,17,18,19). The molecule has 20 heavy (non-hydrogen) atoms. The van der Waals surface area contributed by atoms with Gasteiger partial charge in [0.15, 0.2) is 0 Å². The Morgan fingerprint density at radius 2 is 1.95 bits per heavy atom. The van der Waals surface area contributed by atoms with Crippen LogP contribution in [0.15, 0.2) is 24.5 Å². The maximum absolute atomic E-state index is 4.58. The van der Waals surface area contributed by atoms with Gasteiger partial charge in [0.1, 0.15) is 17.8 Å². The molecule has 0 bridgehead atoms. The summed E-state index contributed by atoms with van der Waals surface area (Å²) in [5.74, 6) is 1.09. The number of benzene rings is 1. The van der Waals surface area contributed by atoms with Crippen molar-refractivity contribution < 1.29 is 0 Å². The number of fused-ring (bicyclic) bond motifs is 3. The van der Waals surface area contributed by atoms with Gasteiger partial charge in [-0.25, -0.2) is 9.97 Å². The monoisotopic (exact) mass is 266 g/mol. The Bertz CT molecular complexity index is 769. The highest BCUT2D eigenvalue weighted by Crippen LogP contribution is 2.32.